The van der Waals surface area contributed by atoms with Crippen molar-refractivity contribution in [1.82, 2.24) is 10.3 Å². The molecule has 1 heterocycles. The molecule has 1 saturated carbocycles. The zero-order chi connectivity index (χ0) is 15.2. The number of aryl methyl sites for hydroxylation is 1. The lowest BCUT2D eigenvalue weighted by Crippen LogP contribution is -2.24. The summed E-state index contributed by atoms with van der Waals surface area (Å²) < 4.78 is 6.07. The first-order valence-electron chi connectivity index (χ1n) is 8.38. The van der Waals surface area contributed by atoms with E-state index in [1.54, 1.807) is 0 Å². The number of aromatic nitrogens is 1. The van der Waals surface area contributed by atoms with Crippen LogP contribution in [0.1, 0.15) is 57.7 Å². The van der Waals surface area contributed by atoms with Crippen LogP contribution in [0.15, 0.2) is 12.1 Å². The Kier molecular flexibility index (Phi) is 6.04. The predicted octanol–water partition coefficient (Wildman–Crippen LogP) is 4.09. The van der Waals surface area contributed by atoms with Crippen LogP contribution in [0.4, 0.5) is 0 Å². The Hall–Kier alpha value is -1.09. The van der Waals surface area contributed by atoms with E-state index in [0.717, 1.165) is 30.6 Å². The summed E-state index contributed by atoms with van der Waals surface area (Å²) in [5, 5.41) is 3.47. The van der Waals surface area contributed by atoms with Crippen LogP contribution in [0.3, 0.4) is 0 Å². The summed E-state index contributed by atoms with van der Waals surface area (Å²) in [5.41, 5.74) is 2.34. The van der Waals surface area contributed by atoms with Crippen LogP contribution in [0.5, 0.6) is 5.88 Å². The van der Waals surface area contributed by atoms with Gasteiger partial charge in [0.15, 0.2) is 0 Å². The van der Waals surface area contributed by atoms with Crippen LogP contribution >= 0.6 is 0 Å². The van der Waals surface area contributed by atoms with E-state index in [2.05, 4.69) is 44.1 Å². The maximum absolute atomic E-state index is 6.07. The van der Waals surface area contributed by atoms with Gasteiger partial charge in [0.1, 0.15) is 6.10 Å². The molecule has 21 heavy (non-hydrogen) atoms. The first kappa shape index (κ1) is 16.3. The summed E-state index contributed by atoms with van der Waals surface area (Å²) >= 11 is 0. The molecule has 3 heteroatoms. The summed E-state index contributed by atoms with van der Waals surface area (Å²) in [6.07, 6.45) is 5.31. The third-order valence-corrected chi connectivity index (χ3v) is 4.21. The van der Waals surface area contributed by atoms with E-state index in [1.165, 1.54) is 31.2 Å². The summed E-state index contributed by atoms with van der Waals surface area (Å²) in [7, 11) is 0. The topological polar surface area (TPSA) is 34.1 Å². The van der Waals surface area contributed by atoms with Crippen molar-refractivity contribution in [2.75, 3.05) is 6.54 Å². The largest absolute Gasteiger partial charge is 0.474 e. The molecular formula is C18H30N2O. The van der Waals surface area contributed by atoms with E-state index in [4.69, 9.17) is 4.74 Å². The molecule has 2 rings (SSSR count). The van der Waals surface area contributed by atoms with E-state index in [0.29, 0.717) is 12.0 Å². The summed E-state index contributed by atoms with van der Waals surface area (Å²) in [6.45, 7) is 10.8. The smallest absolute Gasteiger partial charge is 0.213 e. The molecular weight excluding hydrogens is 260 g/mol. The highest BCUT2D eigenvalue weighted by atomic mass is 16.5. The molecule has 0 aliphatic heterocycles. The molecule has 1 aromatic heterocycles. The zero-order valence-electron chi connectivity index (χ0n) is 14.0. The summed E-state index contributed by atoms with van der Waals surface area (Å²) in [6, 6.07) is 4.18. The van der Waals surface area contributed by atoms with Crippen molar-refractivity contribution in [1.29, 1.82) is 0 Å². The molecule has 118 valence electrons. The van der Waals surface area contributed by atoms with Crippen LogP contribution in [-0.2, 0) is 6.54 Å². The maximum atomic E-state index is 6.07. The molecule has 1 aromatic rings. The highest BCUT2D eigenvalue weighted by Crippen LogP contribution is 2.27. The van der Waals surface area contributed by atoms with Crippen molar-refractivity contribution in [2.24, 2.45) is 11.8 Å². The molecule has 3 nitrogen and oxygen atoms in total. The van der Waals surface area contributed by atoms with Gasteiger partial charge < -0.3 is 10.1 Å². The van der Waals surface area contributed by atoms with Gasteiger partial charge in [0.2, 0.25) is 5.88 Å². The van der Waals surface area contributed by atoms with Crippen LogP contribution in [0, 0.1) is 18.8 Å². The summed E-state index contributed by atoms with van der Waals surface area (Å²) in [4.78, 5) is 4.63. The molecule has 2 unspecified atom stereocenters. The fourth-order valence-corrected chi connectivity index (χ4v) is 2.97. The number of hydrogen-bond donors (Lipinski definition) is 1. The van der Waals surface area contributed by atoms with Gasteiger partial charge in [-0.25, -0.2) is 4.98 Å². The van der Waals surface area contributed by atoms with Gasteiger partial charge in [-0.05, 0) is 50.1 Å². The van der Waals surface area contributed by atoms with Crippen molar-refractivity contribution in [3.63, 3.8) is 0 Å². The third kappa shape index (κ3) is 5.31. The van der Waals surface area contributed by atoms with Crippen LogP contribution in [0.25, 0.3) is 0 Å². The van der Waals surface area contributed by atoms with Crippen LogP contribution < -0.4 is 10.1 Å². The Morgan fingerprint density at radius 1 is 1.33 bits per heavy atom. The molecule has 0 bridgehead atoms. The highest BCUT2D eigenvalue weighted by molar-refractivity contribution is 5.25. The normalized spacial score (nSPS) is 22.5. The van der Waals surface area contributed by atoms with Gasteiger partial charge >= 0.3 is 0 Å². The Bertz CT molecular complexity index is 445. The average molecular weight is 290 g/mol. The molecule has 0 amide bonds. The number of hydrogen-bond acceptors (Lipinski definition) is 3. The van der Waals surface area contributed by atoms with Crippen molar-refractivity contribution < 1.29 is 4.74 Å². The molecule has 0 aromatic carbocycles. The van der Waals surface area contributed by atoms with Crippen molar-refractivity contribution >= 4 is 0 Å². The van der Waals surface area contributed by atoms with Gasteiger partial charge in [-0.1, -0.05) is 33.3 Å². The maximum Gasteiger partial charge on any atom is 0.213 e. The van der Waals surface area contributed by atoms with E-state index in [-0.39, 0.29) is 0 Å². The SMILES string of the molecule is Cc1nc(OC2CCCC(C)C2)ccc1CNCC(C)C. The van der Waals surface area contributed by atoms with Gasteiger partial charge in [-0.3, -0.25) is 0 Å². The molecule has 1 N–H and O–H groups in total. The van der Waals surface area contributed by atoms with Crippen molar-refractivity contribution in [3.05, 3.63) is 23.4 Å². The molecule has 0 saturated heterocycles. The molecule has 0 radical (unpaired) electrons. The average Bonchev–Trinajstić information content (AvgIpc) is 2.41. The van der Waals surface area contributed by atoms with Gasteiger partial charge in [0.05, 0.1) is 0 Å². The van der Waals surface area contributed by atoms with Crippen LogP contribution in [0.2, 0.25) is 0 Å². The standard InChI is InChI=1S/C18H30N2O/c1-13(2)11-19-12-16-8-9-18(20-15(16)4)21-17-7-5-6-14(3)10-17/h8-9,13-14,17,19H,5-7,10-12H2,1-4H3. The van der Waals surface area contributed by atoms with Gasteiger partial charge in [0, 0.05) is 18.3 Å². The minimum absolute atomic E-state index is 0.352. The number of nitrogens with one attached hydrogen (secondary N) is 1. The van der Waals surface area contributed by atoms with E-state index in [1.807, 2.05) is 6.07 Å². The summed E-state index contributed by atoms with van der Waals surface area (Å²) in [5.74, 6) is 2.25. The molecule has 1 aliphatic carbocycles. The quantitative estimate of drug-likeness (QED) is 0.856. The fraction of sp³-hybridized carbons (Fsp3) is 0.722. The van der Waals surface area contributed by atoms with E-state index in [9.17, 15) is 0 Å². The number of rotatable bonds is 6. The second kappa shape index (κ2) is 7.79. The minimum Gasteiger partial charge on any atom is -0.474 e. The lowest BCUT2D eigenvalue weighted by Gasteiger charge is -2.27. The monoisotopic (exact) mass is 290 g/mol. The van der Waals surface area contributed by atoms with E-state index < -0.39 is 0 Å². The molecule has 2 atom stereocenters. The first-order valence-corrected chi connectivity index (χ1v) is 8.38. The fourth-order valence-electron chi connectivity index (χ4n) is 2.97. The Labute approximate surface area is 129 Å². The van der Waals surface area contributed by atoms with Crippen molar-refractivity contribution in [3.8, 4) is 5.88 Å². The van der Waals surface area contributed by atoms with Gasteiger partial charge in [-0.15, -0.1) is 0 Å². The van der Waals surface area contributed by atoms with Gasteiger partial charge in [0.25, 0.3) is 0 Å². The number of nitrogens with zero attached hydrogens (tertiary/aromatic N) is 1. The Morgan fingerprint density at radius 2 is 2.14 bits per heavy atom. The highest BCUT2D eigenvalue weighted by Gasteiger charge is 2.20. The lowest BCUT2D eigenvalue weighted by molar-refractivity contribution is 0.123. The van der Waals surface area contributed by atoms with Crippen LogP contribution in [-0.4, -0.2) is 17.6 Å². The van der Waals surface area contributed by atoms with E-state index >= 15 is 0 Å². The second-order valence-electron chi connectivity index (χ2n) is 6.93. The van der Waals surface area contributed by atoms with Gasteiger partial charge in [-0.2, -0.15) is 0 Å². The Morgan fingerprint density at radius 3 is 2.81 bits per heavy atom. The minimum atomic E-state index is 0.352. The predicted molar refractivity (Wildman–Crippen MR) is 87.6 cm³/mol. The number of ether oxygens (including phenoxy) is 1. The zero-order valence-corrected chi connectivity index (χ0v) is 14.0. The number of pyridine rings is 1. The lowest BCUT2D eigenvalue weighted by atomic mass is 9.89. The first-order chi connectivity index (χ1) is 10.0. The molecule has 0 spiro atoms. The molecule has 1 aliphatic rings. The second-order valence-corrected chi connectivity index (χ2v) is 6.93. The molecule has 1 fully saturated rings. The van der Waals surface area contributed by atoms with Crippen molar-refractivity contribution in [2.45, 2.75) is 66.0 Å². The third-order valence-electron chi connectivity index (χ3n) is 4.21. The Balaban J connectivity index is 1.89.